The number of nitrogens with one attached hydrogen (secondary N) is 2. The second-order valence-electron chi connectivity index (χ2n) is 8.11. The van der Waals surface area contributed by atoms with Gasteiger partial charge in [0.25, 0.3) is 0 Å². The van der Waals surface area contributed by atoms with E-state index in [2.05, 4.69) is 9.97 Å². The lowest BCUT2D eigenvalue weighted by atomic mass is 9.98. The number of para-hydroxylation sites is 3. The van der Waals surface area contributed by atoms with Crippen molar-refractivity contribution in [1.82, 2.24) is 15.0 Å². The van der Waals surface area contributed by atoms with Crippen LogP contribution in [-0.4, -0.2) is 42.1 Å². The van der Waals surface area contributed by atoms with Gasteiger partial charge in [0.2, 0.25) is 5.75 Å². The van der Waals surface area contributed by atoms with Gasteiger partial charge in [-0.2, -0.15) is 0 Å². The zero-order valence-electron chi connectivity index (χ0n) is 19.9. The van der Waals surface area contributed by atoms with Crippen molar-refractivity contribution < 1.29 is 19.0 Å². The van der Waals surface area contributed by atoms with Gasteiger partial charge >= 0.3 is 0 Å². The summed E-state index contributed by atoms with van der Waals surface area (Å²) < 4.78 is 16.4. The summed E-state index contributed by atoms with van der Waals surface area (Å²) in [6.07, 6.45) is 1.89. The molecule has 2 heterocycles. The van der Waals surface area contributed by atoms with E-state index in [0.717, 1.165) is 33.2 Å². The molecule has 0 spiro atoms. The zero-order valence-corrected chi connectivity index (χ0v) is 19.9. The van der Waals surface area contributed by atoms with E-state index in [1.807, 2.05) is 61.5 Å². The molecule has 3 aromatic carbocycles. The molecule has 7 heteroatoms. The molecule has 2 aromatic heterocycles. The molecule has 5 aromatic rings. The third kappa shape index (κ3) is 3.91. The maximum Gasteiger partial charge on any atom is 0.203 e. The number of benzene rings is 3. The lowest BCUT2D eigenvalue weighted by molar-refractivity contribution is 0.105. The van der Waals surface area contributed by atoms with Gasteiger partial charge in [0.15, 0.2) is 17.3 Å². The molecule has 0 aliphatic carbocycles. The highest BCUT2D eigenvalue weighted by molar-refractivity contribution is 6.32. The van der Waals surface area contributed by atoms with Crippen LogP contribution in [-0.2, 0) is 0 Å². The molecule has 0 radical (unpaired) electrons. The topological polar surface area (TPSA) is 89.2 Å². The summed E-state index contributed by atoms with van der Waals surface area (Å²) in [5.74, 6) is 1.49. The van der Waals surface area contributed by atoms with Gasteiger partial charge in [-0.1, -0.05) is 30.3 Å². The van der Waals surface area contributed by atoms with Gasteiger partial charge in [0, 0.05) is 27.7 Å². The Bertz CT molecular complexity index is 1530. The average Bonchev–Trinajstić information content (AvgIpc) is 3.45. The van der Waals surface area contributed by atoms with E-state index in [-0.39, 0.29) is 5.78 Å². The number of methoxy groups -OCH3 is 3. The molecule has 0 amide bonds. The molecule has 7 nitrogen and oxygen atoms in total. The first-order valence-corrected chi connectivity index (χ1v) is 11.1. The molecule has 5 rings (SSSR count). The van der Waals surface area contributed by atoms with Crippen LogP contribution >= 0.6 is 0 Å². The number of fused-ring (bicyclic) bond motifs is 2. The smallest absolute Gasteiger partial charge is 0.203 e. The van der Waals surface area contributed by atoms with E-state index in [1.165, 1.54) is 21.3 Å². The molecule has 0 aliphatic rings. The maximum atomic E-state index is 14.0. The van der Waals surface area contributed by atoms with E-state index in [0.29, 0.717) is 34.2 Å². The number of carbonyl (C=O) groups is 1. The number of carbonyl (C=O) groups excluding carboxylic acids is 1. The summed E-state index contributed by atoms with van der Waals surface area (Å²) in [4.78, 5) is 25.5. The first-order valence-electron chi connectivity index (χ1n) is 11.1. The van der Waals surface area contributed by atoms with Crippen LogP contribution in [0.25, 0.3) is 33.6 Å². The van der Waals surface area contributed by atoms with E-state index in [9.17, 15) is 4.79 Å². The second-order valence-corrected chi connectivity index (χ2v) is 8.11. The van der Waals surface area contributed by atoms with Crippen LogP contribution in [0.2, 0.25) is 0 Å². The summed E-state index contributed by atoms with van der Waals surface area (Å²) in [6, 6.07) is 19.0. The third-order valence-corrected chi connectivity index (χ3v) is 6.05. The largest absolute Gasteiger partial charge is 0.493 e. The van der Waals surface area contributed by atoms with Crippen LogP contribution in [0, 0.1) is 6.92 Å². The summed E-state index contributed by atoms with van der Waals surface area (Å²) in [6.45, 7) is 1.99. The highest BCUT2D eigenvalue weighted by Gasteiger charge is 2.23. The Hall–Kier alpha value is -4.52. The lowest BCUT2D eigenvalue weighted by Gasteiger charge is -2.14. The highest BCUT2D eigenvalue weighted by atomic mass is 16.5. The SMILES string of the molecule is COc1cc(C(=O)C(=Cc2c(C)[nH]c3ccccc23)c2nc3ccccc3[nH]2)cc(OC)c1OC. The van der Waals surface area contributed by atoms with E-state index in [1.54, 1.807) is 12.1 Å². The number of hydrogen-bond donors (Lipinski definition) is 2. The Morgan fingerprint density at radius 3 is 2.17 bits per heavy atom. The van der Waals surface area contributed by atoms with E-state index < -0.39 is 0 Å². The predicted octanol–water partition coefficient (Wildman–Crippen LogP) is 5.80. The number of nitrogens with zero attached hydrogens (tertiary/aromatic N) is 1. The van der Waals surface area contributed by atoms with E-state index in [4.69, 9.17) is 19.2 Å². The summed E-state index contributed by atoms with van der Waals surface area (Å²) in [5.41, 5.74) is 5.32. The molecular weight excluding hydrogens is 442 g/mol. The quantitative estimate of drug-likeness (QED) is 0.233. The van der Waals surface area contributed by atoms with Gasteiger partial charge in [-0.05, 0) is 43.3 Å². The minimum Gasteiger partial charge on any atom is -0.493 e. The highest BCUT2D eigenvalue weighted by Crippen LogP contribution is 2.39. The van der Waals surface area contributed by atoms with Crippen molar-refractivity contribution in [2.75, 3.05) is 21.3 Å². The summed E-state index contributed by atoms with van der Waals surface area (Å²) >= 11 is 0. The number of rotatable bonds is 7. The predicted molar refractivity (Wildman–Crippen MR) is 137 cm³/mol. The van der Waals surface area contributed by atoms with Crippen LogP contribution < -0.4 is 14.2 Å². The first kappa shape index (κ1) is 22.3. The van der Waals surface area contributed by atoms with Crippen molar-refractivity contribution in [1.29, 1.82) is 0 Å². The number of hydrogen-bond acceptors (Lipinski definition) is 5. The van der Waals surface area contributed by atoms with E-state index >= 15 is 0 Å². The van der Waals surface area contributed by atoms with Crippen molar-refractivity contribution >= 4 is 39.4 Å². The Balaban J connectivity index is 1.74. The Morgan fingerprint density at radius 1 is 0.857 bits per heavy atom. The number of ketones is 1. The molecule has 0 unspecified atom stereocenters. The number of aromatic amines is 2. The van der Waals surface area contributed by atoms with Crippen molar-refractivity contribution in [2.45, 2.75) is 6.92 Å². The Labute approximate surface area is 202 Å². The van der Waals surface area contributed by atoms with Crippen LogP contribution in [0.4, 0.5) is 0 Å². The molecule has 0 saturated carbocycles. The van der Waals surface area contributed by atoms with Crippen molar-refractivity contribution in [2.24, 2.45) is 0 Å². The summed E-state index contributed by atoms with van der Waals surface area (Å²) in [7, 11) is 4.58. The molecule has 35 heavy (non-hydrogen) atoms. The number of H-pyrrole nitrogens is 2. The molecule has 0 fully saturated rings. The molecule has 176 valence electrons. The molecular formula is C28H25N3O4. The van der Waals surface area contributed by atoms with Crippen LogP contribution in [0.3, 0.4) is 0 Å². The Morgan fingerprint density at radius 2 is 1.51 bits per heavy atom. The van der Waals surface area contributed by atoms with Crippen molar-refractivity contribution in [3.63, 3.8) is 0 Å². The normalized spacial score (nSPS) is 11.7. The number of aromatic nitrogens is 3. The second kappa shape index (κ2) is 9.02. The fraction of sp³-hybridized carbons (Fsp3) is 0.143. The molecule has 2 N–H and O–H groups in total. The third-order valence-electron chi connectivity index (χ3n) is 6.05. The molecule has 0 aliphatic heterocycles. The first-order chi connectivity index (χ1) is 17.0. The van der Waals surface area contributed by atoms with Crippen molar-refractivity contribution in [3.8, 4) is 17.2 Å². The molecule has 0 atom stereocenters. The van der Waals surface area contributed by atoms with Gasteiger partial charge in [-0.3, -0.25) is 4.79 Å². The van der Waals surface area contributed by atoms with Gasteiger partial charge < -0.3 is 24.2 Å². The van der Waals surface area contributed by atoms with Gasteiger partial charge in [-0.15, -0.1) is 0 Å². The number of imidazole rings is 1. The molecule has 0 saturated heterocycles. The number of Topliss-reactive ketones (excluding diaryl/α,β-unsaturated/α-hetero) is 1. The van der Waals surface area contributed by atoms with Crippen LogP contribution in [0.15, 0.2) is 60.7 Å². The fourth-order valence-electron chi connectivity index (χ4n) is 4.32. The van der Waals surface area contributed by atoms with Crippen molar-refractivity contribution in [3.05, 3.63) is 83.3 Å². The van der Waals surface area contributed by atoms with Crippen LogP contribution in [0.1, 0.15) is 27.4 Å². The number of allylic oxidation sites excluding steroid dienone is 1. The minimum absolute atomic E-state index is 0.229. The van der Waals surface area contributed by atoms with Gasteiger partial charge in [0.1, 0.15) is 5.82 Å². The summed E-state index contributed by atoms with van der Waals surface area (Å²) in [5, 5.41) is 1.02. The number of aryl methyl sites for hydroxylation is 1. The maximum absolute atomic E-state index is 14.0. The number of ether oxygens (including phenoxy) is 3. The van der Waals surface area contributed by atoms with Crippen LogP contribution in [0.5, 0.6) is 17.2 Å². The monoisotopic (exact) mass is 467 g/mol. The molecule has 0 bridgehead atoms. The fourth-order valence-corrected chi connectivity index (χ4v) is 4.32. The average molecular weight is 468 g/mol. The Kier molecular flexibility index (Phi) is 5.74. The lowest BCUT2D eigenvalue weighted by Crippen LogP contribution is -2.06. The minimum atomic E-state index is -0.229. The standard InChI is InChI=1S/C28H25N3O4/c1-16-19(18-9-5-6-10-21(18)29-16)15-20(28-30-22-11-7-8-12-23(22)31-28)26(32)17-13-24(33-2)27(35-4)25(14-17)34-3/h5-15,29H,1-4H3,(H,30,31). The van der Waals surface area contributed by atoms with Gasteiger partial charge in [-0.25, -0.2) is 4.98 Å². The van der Waals surface area contributed by atoms with Gasteiger partial charge in [0.05, 0.1) is 37.9 Å². The zero-order chi connectivity index (χ0) is 24.5.